The maximum atomic E-state index is 12.7. The van der Waals surface area contributed by atoms with Crippen molar-refractivity contribution in [2.45, 2.75) is 18.9 Å². The fraction of sp³-hybridized carbons (Fsp3) is 0.158. The molecular formula is C19H15NO8. The molecule has 6 N–H and O–H groups in total. The average molecular weight is 385 g/mol. The number of phenolic OH excluding ortho intramolecular Hbond substituents is 4. The van der Waals surface area contributed by atoms with Crippen molar-refractivity contribution in [3.63, 3.8) is 0 Å². The van der Waals surface area contributed by atoms with Gasteiger partial charge in [-0.2, -0.15) is 0 Å². The predicted octanol–water partition coefficient (Wildman–Crippen LogP) is 1.94. The number of phenols is 4. The minimum Gasteiger partial charge on any atom is -0.507 e. The van der Waals surface area contributed by atoms with Gasteiger partial charge in [-0.1, -0.05) is 0 Å². The average Bonchev–Trinajstić information content (AvgIpc) is 3.06. The Morgan fingerprint density at radius 2 is 1.68 bits per heavy atom. The number of rotatable bonds is 2. The molecule has 1 aliphatic rings. The molecule has 0 radical (unpaired) electrons. The summed E-state index contributed by atoms with van der Waals surface area (Å²) in [6.07, 6.45) is 0.555. The molecule has 0 saturated carbocycles. The lowest BCUT2D eigenvalue weighted by molar-refractivity contribution is -0.119. The third-order valence-electron chi connectivity index (χ3n) is 4.72. The van der Waals surface area contributed by atoms with E-state index < -0.39 is 34.5 Å². The standard InChI is InChI=1S/C19H15NO8/c21-9-3-1-7(5-10(9)22)18-17(27)16(26)15-12(24)6-11(23)14(19(15)28-18)8-2-4-13(25)20-8/h1,3,5-6,8,21-24,27H,2,4H2,(H,20,25). The van der Waals surface area contributed by atoms with E-state index in [9.17, 15) is 35.1 Å². The molecule has 0 aliphatic carbocycles. The highest BCUT2D eigenvalue weighted by Crippen LogP contribution is 2.43. The van der Waals surface area contributed by atoms with Gasteiger partial charge in [0.05, 0.1) is 11.6 Å². The van der Waals surface area contributed by atoms with Crippen LogP contribution in [0.2, 0.25) is 0 Å². The van der Waals surface area contributed by atoms with E-state index in [1.807, 2.05) is 0 Å². The van der Waals surface area contributed by atoms with E-state index in [1.54, 1.807) is 0 Å². The minimum absolute atomic E-state index is 0.0797. The van der Waals surface area contributed by atoms with Crippen LogP contribution in [0.15, 0.2) is 33.5 Å². The topological polar surface area (TPSA) is 160 Å². The summed E-state index contributed by atoms with van der Waals surface area (Å²) in [4.78, 5) is 24.3. The third kappa shape index (κ3) is 2.56. The van der Waals surface area contributed by atoms with Crippen molar-refractivity contribution in [3.05, 3.63) is 40.1 Å². The molecule has 9 heteroatoms. The minimum atomic E-state index is -0.952. The molecule has 28 heavy (non-hydrogen) atoms. The SMILES string of the molecule is O=C1CCC(c2c(O)cc(O)c3c(=O)c(O)c(-c4ccc(O)c(O)c4)oc23)N1. The molecule has 1 unspecified atom stereocenters. The largest absolute Gasteiger partial charge is 0.507 e. The quantitative estimate of drug-likeness (QED) is 0.365. The molecule has 3 aromatic rings. The molecule has 1 atom stereocenters. The summed E-state index contributed by atoms with van der Waals surface area (Å²) in [6.45, 7) is 0. The van der Waals surface area contributed by atoms with Crippen LogP contribution in [0.25, 0.3) is 22.3 Å². The second-order valence-corrected chi connectivity index (χ2v) is 6.50. The van der Waals surface area contributed by atoms with E-state index in [2.05, 4.69) is 5.32 Å². The van der Waals surface area contributed by atoms with E-state index in [0.717, 1.165) is 18.2 Å². The molecule has 2 aromatic carbocycles. The highest BCUT2D eigenvalue weighted by atomic mass is 16.4. The zero-order valence-corrected chi connectivity index (χ0v) is 14.3. The van der Waals surface area contributed by atoms with Gasteiger partial charge in [-0.25, -0.2) is 0 Å². The maximum absolute atomic E-state index is 12.7. The molecule has 1 aromatic heterocycles. The fourth-order valence-electron chi connectivity index (χ4n) is 3.37. The molecule has 1 aliphatic heterocycles. The van der Waals surface area contributed by atoms with Gasteiger partial charge in [-0.3, -0.25) is 9.59 Å². The van der Waals surface area contributed by atoms with Crippen molar-refractivity contribution in [3.8, 4) is 40.1 Å². The van der Waals surface area contributed by atoms with Gasteiger partial charge in [0, 0.05) is 18.1 Å². The molecule has 1 amide bonds. The number of amides is 1. The van der Waals surface area contributed by atoms with E-state index in [0.29, 0.717) is 6.42 Å². The van der Waals surface area contributed by atoms with Crippen molar-refractivity contribution in [1.29, 1.82) is 0 Å². The number of carbonyl (C=O) groups excluding carboxylic acids is 1. The first kappa shape index (κ1) is 17.5. The number of nitrogens with one attached hydrogen (secondary N) is 1. The van der Waals surface area contributed by atoms with Crippen molar-refractivity contribution in [2.24, 2.45) is 0 Å². The number of benzene rings is 2. The lowest BCUT2D eigenvalue weighted by atomic mass is 9.99. The van der Waals surface area contributed by atoms with Crippen molar-refractivity contribution >= 4 is 16.9 Å². The maximum Gasteiger partial charge on any atom is 0.238 e. The second kappa shape index (κ2) is 6.08. The van der Waals surface area contributed by atoms with Crippen LogP contribution in [0.1, 0.15) is 24.4 Å². The van der Waals surface area contributed by atoms with E-state index >= 15 is 0 Å². The van der Waals surface area contributed by atoms with Crippen LogP contribution < -0.4 is 10.7 Å². The smallest absolute Gasteiger partial charge is 0.238 e. The lowest BCUT2D eigenvalue weighted by Crippen LogP contribution is -2.19. The summed E-state index contributed by atoms with van der Waals surface area (Å²) in [6, 6.07) is 3.83. The number of hydrogen-bond donors (Lipinski definition) is 6. The Bertz CT molecular complexity index is 1200. The van der Waals surface area contributed by atoms with Gasteiger partial charge < -0.3 is 35.3 Å². The lowest BCUT2D eigenvalue weighted by Gasteiger charge is -2.16. The van der Waals surface area contributed by atoms with Crippen LogP contribution in [-0.2, 0) is 4.79 Å². The summed E-state index contributed by atoms with van der Waals surface area (Å²) in [5, 5.41) is 52.2. The van der Waals surface area contributed by atoms with E-state index in [-0.39, 0.29) is 45.9 Å². The molecular weight excluding hydrogens is 370 g/mol. The van der Waals surface area contributed by atoms with Crippen LogP contribution in [0, 0.1) is 0 Å². The first-order chi connectivity index (χ1) is 13.3. The Kier molecular flexibility index (Phi) is 3.81. The van der Waals surface area contributed by atoms with Crippen LogP contribution in [0.5, 0.6) is 28.7 Å². The number of fused-ring (bicyclic) bond motifs is 1. The van der Waals surface area contributed by atoms with Crippen LogP contribution >= 0.6 is 0 Å². The Hall–Kier alpha value is -3.88. The Morgan fingerprint density at radius 3 is 2.32 bits per heavy atom. The number of carbonyl (C=O) groups is 1. The van der Waals surface area contributed by atoms with Crippen molar-refractivity contribution in [1.82, 2.24) is 5.32 Å². The van der Waals surface area contributed by atoms with Crippen LogP contribution in [-0.4, -0.2) is 31.4 Å². The highest BCUT2D eigenvalue weighted by molar-refractivity contribution is 5.92. The normalized spacial score (nSPS) is 16.4. The Morgan fingerprint density at radius 1 is 0.929 bits per heavy atom. The van der Waals surface area contributed by atoms with Crippen molar-refractivity contribution < 1.29 is 34.7 Å². The van der Waals surface area contributed by atoms with Gasteiger partial charge in [-0.05, 0) is 24.6 Å². The molecule has 9 nitrogen and oxygen atoms in total. The Labute approximate surface area is 156 Å². The van der Waals surface area contributed by atoms with E-state index in [1.165, 1.54) is 6.07 Å². The predicted molar refractivity (Wildman–Crippen MR) is 96.4 cm³/mol. The molecule has 0 spiro atoms. The molecule has 2 heterocycles. The van der Waals surface area contributed by atoms with Crippen LogP contribution in [0.3, 0.4) is 0 Å². The van der Waals surface area contributed by atoms with Crippen LogP contribution in [0.4, 0.5) is 0 Å². The first-order valence-corrected chi connectivity index (χ1v) is 8.34. The monoisotopic (exact) mass is 385 g/mol. The van der Waals surface area contributed by atoms with Gasteiger partial charge in [0.1, 0.15) is 16.9 Å². The summed E-state index contributed by atoms with van der Waals surface area (Å²) in [7, 11) is 0. The summed E-state index contributed by atoms with van der Waals surface area (Å²) in [5.41, 5.74) is -0.974. The Balaban J connectivity index is 2.06. The number of aromatic hydroxyl groups is 5. The van der Waals surface area contributed by atoms with Gasteiger partial charge in [-0.15, -0.1) is 0 Å². The van der Waals surface area contributed by atoms with E-state index in [4.69, 9.17) is 4.42 Å². The van der Waals surface area contributed by atoms with Gasteiger partial charge >= 0.3 is 0 Å². The zero-order valence-electron chi connectivity index (χ0n) is 14.3. The third-order valence-corrected chi connectivity index (χ3v) is 4.72. The summed E-state index contributed by atoms with van der Waals surface area (Å²) >= 11 is 0. The molecule has 0 bridgehead atoms. The molecule has 1 saturated heterocycles. The molecule has 4 rings (SSSR count). The molecule has 1 fully saturated rings. The van der Waals surface area contributed by atoms with Gasteiger partial charge in [0.25, 0.3) is 0 Å². The van der Waals surface area contributed by atoms with Crippen molar-refractivity contribution in [2.75, 3.05) is 0 Å². The second-order valence-electron chi connectivity index (χ2n) is 6.50. The first-order valence-electron chi connectivity index (χ1n) is 8.34. The summed E-state index contributed by atoms with van der Waals surface area (Å²) in [5.74, 6) is -3.27. The zero-order chi connectivity index (χ0) is 20.2. The highest BCUT2D eigenvalue weighted by Gasteiger charge is 2.31. The molecule has 144 valence electrons. The van der Waals surface area contributed by atoms with Gasteiger partial charge in [0.2, 0.25) is 17.1 Å². The number of hydrogen-bond acceptors (Lipinski definition) is 8. The summed E-state index contributed by atoms with van der Waals surface area (Å²) < 4.78 is 5.68. The van der Waals surface area contributed by atoms with Gasteiger partial charge in [0.15, 0.2) is 22.8 Å². The fourth-order valence-corrected chi connectivity index (χ4v) is 3.37.